The zero-order valence-electron chi connectivity index (χ0n) is 11.2. The van der Waals surface area contributed by atoms with Crippen molar-refractivity contribution in [3.8, 4) is 0 Å². The highest BCUT2D eigenvalue weighted by molar-refractivity contribution is 5.75. The summed E-state index contributed by atoms with van der Waals surface area (Å²) in [5, 5.41) is 2.86. The summed E-state index contributed by atoms with van der Waals surface area (Å²) in [5.41, 5.74) is 0. The van der Waals surface area contributed by atoms with Crippen molar-refractivity contribution in [2.45, 2.75) is 47.0 Å². The van der Waals surface area contributed by atoms with E-state index in [2.05, 4.69) is 33.0 Å². The van der Waals surface area contributed by atoms with Crippen molar-refractivity contribution in [2.75, 3.05) is 19.8 Å². The van der Waals surface area contributed by atoms with Crippen LogP contribution < -0.4 is 5.32 Å². The third kappa shape index (κ3) is 11.5. The molecular weight excluding hydrogens is 202 g/mol. The normalized spacial score (nSPS) is 11.1. The molecule has 0 radical (unpaired) electrons. The fourth-order valence-corrected chi connectivity index (χ4v) is 1.19. The van der Waals surface area contributed by atoms with Crippen molar-refractivity contribution < 1.29 is 9.53 Å². The molecule has 0 aromatic heterocycles. The van der Waals surface area contributed by atoms with Crippen LogP contribution in [0.15, 0.2) is 0 Å². The van der Waals surface area contributed by atoms with Gasteiger partial charge in [0.25, 0.3) is 0 Å². The zero-order valence-corrected chi connectivity index (χ0v) is 11.2. The van der Waals surface area contributed by atoms with Crippen LogP contribution in [-0.2, 0) is 9.53 Å². The van der Waals surface area contributed by atoms with Gasteiger partial charge in [-0.3, -0.25) is 4.79 Å². The molecule has 0 aliphatic carbocycles. The maximum Gasteiger partial charge on any atom is 0.220 e. The molecular formula is C13H27NO2. The van der Waals surface area contributed by atoms with E-state index in [4.69, 9.17) is 4.74 Å². The number of hydrogen-bond donors (Lipinski definition) is 1. The molecule has 3 heteroatoms. The maximum atomic E-state index is 11.3. The molecule has 0 atom stereocenters. The highest BCUT2D eigenvalue weighted by Gasteiger charge is 2.02. The molecule has 0 aliphatic rings. The first-order chi connectivity index (χ1) is 7.52. The van der Waals surface area contributed by atoms with Crippen LogP contribution in [0.3, 0.4) is 0 Å². The van der Waals surface area contributed by atoms with Gasteiger partial charge in [0.1, 0.15) is 0 Å². The molecule has 1 amide bonds. The number of carbonyl (C=O) groups is 1. The Hall–Kier alpha value is -0.570. The second kappa shape index (κ2) is 9.64. The van der Waals surface area contributed by atoms with E-state index in [1.165, 1.54) is 0 Å². The van der Waals surface area contributed by atoms with Crippen LogP contribution in [0.1, 0.15) is 47.0 Å². The Morgan fingerprint density at radius 2 is 1.69 bits per heavy atom. The molecule has 0 rings (SSSR count). The first kappa shape index (κ1) is 15.4. The second-order valence-electron chi connectivity index (χ2n) is 5.08. The molecule has 0 aliphatic heterocycles. The van der Waals surface area contributed by atoms with E-state index in [-0.39, 0.29) is 5.91 Å². The molecule has 0 saturated carbocycles. The minimum absolute atomic E-state index is 0.140. The largest absolute Gasteiger partial charge is 0.380 e. The summed E-state index contributed by atoms with van der Waals surface area (Å²) < 4.78 is 5.41. The van der Waals surface area contributed by atoms with Crippen LogP contribution in [0, 0.1) is 11.8 Å². The molecule has 0 fully saturated rings. The van der Waals surface area contributed by atoms with Crippen LogP contribution >= 0.6 is 0 Å². The molecule has 0 aromatic carbocycles. The maximum absolute atomic E-state index is 11.3. The van der Waals surface area contributed by atoms with Crippen LogP contribution in [-0.4, -0.2) is 25.7 Å². The monoisotopic (exact) mass is 229 g/mol. The van der Waals surface area contributed by atoms with Crippen molar-refractivity contribution in [2.24, 2.45) is 11.8 Å². The molecule has 0 aromatic rings. The predicted octanol–water partition coefficient (Wildman–Crippen LogP) is 2.60. The number of ether oxygens (including phenoxy) is 1. The van der Waals surface area contributed by atoms with E-state index in [0.717, 1.165) is 19.4 Å². The van der Waals surface area contributed by atoms with Gasteiger partial charge < -0.3 is 10.1 Å². The number of hydrogen-bond acceptors (Lipinski definition) is 2. The van der Waals surface area contributed by atoms with Crippen LogP contribution in [0.2, 0.25) is 0 Å². The first-order valence-electron chi connectivity index (χ1n) is 6.36. The minimum atomic E-state index is 0.140. The Bertz CT molecular complexity index is 179. The van der Waals surface area contributed by atoms with E-state index >= 15 is 0 Å². The van der Waals surface area contributed by atoms with E-state index in [1.807, 2.05) is 0 Å². The molecule has 96 valence electrons. The lowest BCUT2D eigenvalue weighted by atomic mass is 10.1. The molecule has 0 bridgehead atoms. The Morgan fingerprint density at radius 1 is 1.06 bits per heavy atom. The molecule has 0 saturated heterocycles. The molecule has 0 heterocycles. The van der Waals surface area contributed by atoms with Gasteiger partial charge in [-0.15, -0.1) is 0 Å². The average molecular weight is 229 g/mol. The van der Waals surface area contributed by atoms with Crippen molar-refractivity contribution in [1.82, 2.24) is 5.32 Å². The molecule has 0 unspecified atom stereocenters. The van der Waals surface area contributed by atoms with Gasteiger partial charge in [0.2, 0.25) is 5.91 Å². The summed E-state index contributed by atoms with van der Waals surface area (Å²) in [7, 11) is 0. The fourth-order valence-electron chi connectivity index (χ4n) is 1.19. The lowest BCUT2D eigenvalue weighted by molar-refractivity contribution is -0.121. The summed E-state index contributed by atoms with van der Waals surface area (Å²) in [6.07, 6.45) is 2.67. The van der Waals surface area contributed by atoms with Crippen molar-refractivity contribution in [3.05, 3.63) is 0 Å². The Labute approximate surface area is 99.9 Å². The fraction of sp³-hybridized carbons (Fsp3) is 0.923. The first-order valence-corrected chi connectivity index (χ1v) is 6.36. The van der Waals surface area contributed by atoms with Gasteiger partial charge in [0.05, 0.1) is 6.61 Å². The topological polar surface area (TPSA) is 38.3 Å². The standard InChI is InChI=1S/C13H27NO2/c1-11(2)5-6-13(15)14-8-10-16-9-7-12(3)4/h11-12H,5-10H2,1-4H3,(H,14,15). The van der Waals surface area contributed by atoms with Gasteiger partial charge in [-0.1, -0.05) is 27.7 Å². The molecule has 3 nitrogen and oxygen atoms in total. The van der Waals surface area contributed by atoms with Crippen LogP contribution in [0.4, 0.5) is 0 Å². The number of nitrogens with one attached hydrogen (secondary N) is 1. The van der Waals surface area contributed by atoms with Crippen molar-refractivity contribution >= 4 is 5.91 Å². The second-order valence-corrected chi connectivity index (χ2v) is 5.08. The zero-order chi connectivity index (χ0) is 12.4. The van der Waals surface area contributed by atoms with Crippen molar-refractivity contribution in [3.63, 3.8) is 0 Å². The summed E-state index contributed by atoms with van der Waals surface area (Å²) in [6.45, 7) is 10.7. The average Bonchev–Trinajstić information content (AvgIpc) is 2.19. The highest BCUT2D eigenvalue weighted by Crippen LogP contribution is 2.02. The lowest BCUT2D eigenvalue weighted by Crippen LogP contribution is -2.27. The Balaban J connectivity index is 3.21. The highest BCUT2D eigenvalue weighted by atomic mass is 16.5. The summed E-state index contributed by atoms with van der Waals surface area (Å²) >= 11 is 0. The van der Waals surface area contributed by atoms with Gasteiger partial charge in [-0.05, 0) is 24.7 Å². The summed E-state index contributed by atoms with van der Waals surface area (Å²) in [5.74, 6) is 1.41. The molecule has 1 N–H and O–H groups in total. The molecule has 0 spiro atoms. The van der Waals surface area contributed by atoms with Crippen LogP contribution in [0.5, 0.6) is 0 Å². The summed E-state index contributed by atoms with van der Waals surface area (Å²) in [4.78, 5) is 11.3. The van der Waals surface area contributed by atoms with E-state index in [0.29, 0.717) is 31.4 Å². The number of rotatable bonds is 9. The SMILES string of the molecule is CC(C)CCOCCNC(=O)CCC(C)C. The number of carbonyl (C=O) groups excluding carboxylic acids is 1. The third-order valence-electron chi connectivity index (χ3n) is 2.36. The quantitative estimate of drug-likeness (QED) is 0.617. The van der Waals surface area contributed by atoms with E-state index in [1.54, 1.807) is 0 Å². The smallest absolute Gasteiger partial charge is 0.220 e. The van der Waals surface area contributed by atoms with Gasteiger partial charge in [-0.25, -0.2) is 0 Å². The van der Waals surface area contributed by atoms with Crippen LogP contribution in [0.25, 0.3) is 0 Å². The van der Waals surface area contributed by atoms with E-state index in [9.17, 15) is 4.79 Å². The van der Waals surface area contributed by atoms with Gasteiger partial charge in [-0.2, -0.15) is 0 Å². The Morgan fingerprint density at radius 3 is 2.25 bits per heavy atom. The van der Waals surface area contributed by atoms with Gasteiger partial charge >= 0.3 is 0 Å². The van der Waals surface area contributed by atoms with Gasteiger partial charge in [0.15, 0.2) is 0 Å². The van der Waals surface area contributed by atoms with Gasteiger partial charge in [0, 0.05) is 19.6 Å². The van der Waals surface area contributed by atoms with Crippen molar-refractivity contribution in [1.29, 1.82) is 0 Å². The summed E-state index contributed by atoms with van der Waals surface area (Å²) in [6, 6.07) is 0. The third-order valence-corrected chi connectivity index (χ3v) is 2.36. The lowest BCUT2D eigenvalue weighted by Gasteiger charge is -2.08. The molecule has 16 heavy (non-hydrogen) atoms. The van der Waals surface area contributed by atoms with E-state index < -0.39 is 0 Å². The Kier molecular flexibility index (Phi) is 9.30. The predicted molar refractivity (Wildman–Crippen MR) is 67.4 cm³/mol. The number of amides is 1. The minimum Gasteiger partial charge on any atom is -0.380 e.